The van der Waals surface area contributed by atoms with Crippen LogP contribution in [0.4, 0.5) is 0 Å². The third kappa shape index (κ3) is 4.69. The number of benzene rings is 2. The molecule has 0 spiro atoms. The molecule has 2 amide bonds. The van der Waals surface area contributed by atoms with Crippen LogP contribution < -0.4 is 5.32 Å². The fourth-order valence-electron chi connectivity index (χ4n) is 5.50. The summed E-state index contributed by atoms with van der Waals surface area (Å²) in [6.45, 7) is 2.94. The highest BCUT2D eigenvalue weighted by Gasteiger charge is 2.35. The lowest BCUT2D eigenvalue weighted by Gasteiger charge is -2.44. The van der Waals surface area contributed by atoms with Crippen molar-refractivity contribution in [3.8, 4) is 0 Å². The minimum atomic E-state index is -0.0515. The number of piperidine rings is 1. The standard InChI is InChI=1S/C26H34N2O2/c1-19(22-14-6-11-20-9-2-4-13-23(20)22)27-25(29)16-7-17-26(30)28-18-8-12-21-10-3-5-15-24(21)28/h2,4,6,9,11,13-14,19,21,24H,3,5,7-8,10,12,15-18H2,1H3,(H,27,29). The van der Waals surface area contributed by atoms with Crippen molar-refractivity contribution in [3.63, 3.8) is 0 Å². The van der Waals surface area contributed by atoms with Crippen molar-refractivity contribution >= 4 is 22.6 Å². The Morgan fingerprint density at radius 3 is 2.67 bits per heavy atom. The quantitative estimate of drug-likeness (QED) is 0.701. The molecule has 2 fully saturated rings. The van der Waals surface area contributed by atoms with E-state index in [9.17, 15) is 9.59 Å². The highest BCUT2D eigenvalue weighted by molar-refractivity contribution is 5.87. The van der Waals surface area contributed by atoms with Gasteiger partial charge in [0.2, 0.25) is 11.8 Å². The van der Waals surface area contributed by atoms with Gasteiger partial charge in [-0.2, -0.15) is 0 Å². The Balaban J connectivity index is 1.27. The van der Waals surface area contributed by atoms with Gasteiger partial charge in [-0.1, -0.05) is 55.3 Å². The molecule has 3 atom stereocenters. The highest BCUT2D eigenvalue weighted by Crippen LogP contribution is 2.35. The Hall–Kier alpha value is -2.36. The van der Waals surface area contributed by atoms with Gasteiger partial charge in [0.05, 0.1) is 6.04 Å². The highest BCUT2D eigenvalue weighted by atomic mass is 16.2. The van der Waals surface area contributed by atoms with E-state index in [4.69, 9.17) is 0 Å². The van der Waals surface area contributed by atoms with Gasteiger partial charge in [0.1, 0.15) is 0 Å². The molecule has 4 nitrogen and oxygen atoms in total. The SMILES string of the molecule is CC(NC(=O)CCCC(=O)N1CCCC2CCCCC21)c1cccc2ccccc12. The van der Waals surface area contributed by atoms with Gasteiger partial charge in [-0.3, -0.25) is 9.59 Å². The summed E-state index contributed by atoms with van der Waals surface area (Å²) in [4.78, 5) is 27.5. The molecule has 2 aliphatic rings. The summed E-state index contributed by atoms with van der Waals surface area (Å²) >= 11 is 0. The first kappa shape index (κ1) is 20.9. The number of amides is 2. The zero-order valence-corrected chi connectivity index (χ0v) is 18.1. The maximum absolute atomic E-state index is 12.8. The van der Waals surface area contributed by atoms with Crippen LogP contribution in [0.25, 0.3) is 10.8 Å². The summed E-state index contributed by atoms with van der Waals surface area (Å²) in [7, 11) is 0. The minimum absolute atomic E-state index is 0.0254. The van der Waals surface area contributed by atoms with E-state index in [0.29, 0.717) is 31.2 Å². The van der Waals surface area contributed by atoms with E-state index in [-0.39, 0.29) is 17.9 Å². The summed E-state index contributed by atoms with van der Waals surface area (Å²) < 4.78 is 0. The van der Waals surface area contributed by atoms with Crippen molar-refractivity contribution < 1.29 is 9.59 Å². The molecule has 1 aliphatic carbocycles. The molecule has 2 aromatic carbocycles. The second kappa shape index (κ2) is 9.63. The summed E-state index contributed by atoms with van der Waals surface area (Å²) in [5, 5.41) is 5.48. The van der Waals surface area contributed by atoms with Crippen LogP contribution in [0.2, 0.25) is 0 Å². The molecule has 1 saturated carbocycles. The average molecular weight is 407 g/mol. The van der Waals surface area contributed by atoms with Crippen LogP contribution in [0.1, 0.15) is 76.3 Å². The lowest BCUT2D eigenvalue weighted by atomic mass is 9.78. The zero-order chi connectivity index (χ0) is 20.9. The van der Waals surface area contributed by atoms with Crippen LogP contribution >= 0.6 is 0 Å². The molecule has 1 aliphatic heterocycles. The predicted octanol–water partition coefficient (Wildman–Crippen LogP) is 5.37. The number of nitrogens with zero attached hydrogens (tertiary/aromatic N) is 1. The first-order valence-corrected chi connectivity index (χ1v) is 11.7. The summed E-state index contributed by atoms with van der Waals surface area (Å²) in [5.41, 5.74) is 1.13. The number of hydrogen-bond acceptors (Lipinski definition) is 2. The Labute approximate surface area is 180 Å². The Kier molecular flexibility index (Phi) is 6.71. The topological polar surface area (TPSA) is 49.4 Å². The molecule has 30 heavy (non-hydrogen) atoms. The Morgan fingerprint density at radius 2 is 1.77 bits per heavy atom. The van der Waals surface area contributed by atoms with Gasteiger partial charge < -0.3 is 10.2 Å². The maximum Gasteiger partial charge on any atom is 0.222 e. The third-order valence-corrected chi connectivity index (χ3v) is 7.03. The fraction of sp³-hybridized carbons (Fsp3) is 0.538. The van der Waals surface area contributed by atoms with Gasteiger partial charge in [0.15, 0.2) is 0 Å². The van der Waals surface area contributed by atoms with Crippen LogP contribution in [0.3, 0.4) is 0 Å². The minimum Gasteiger partial charge on any atom is -0.350 e. The second-order valence-electron chi connectivity index (χ2n) is 9.05. The van der Waals surface area contributed by atoms with Gasteiger partial charge >= 0.3 is 0 Å². The number of carbonyl (C=O) groups excluding carboxylic acids is 2. The molecule has 0 aromatic heterocycles. The fourth-order valence-corrected chi connectivity index (χ4v) is 5.50. The van der Waals surface area contributed by atoms with Crippen LogP contribution in [-0.4, -0.2) is 29.3 Å². The lowest BCUT2D eigenvalue weighted by Crippen LogP contribution is -2.49. The van der Waals surface area contributed by atoms with E-state index in [1.807, 2.05) is 25.1 Å². The molecule has 160 valence electrons. The average Bonchev–Trinajstić information content (AvgIpc) is 2.78. The molecule has 1 N–H and O–H groups in total. The number of rotatable bonds is 6. The molecule has 4 rings (SSSR count). The summed E-state index contributed by atoms with van der Waals surface area (Å²) in [5.74, 6) is 0.986. The summed E-state index contributed by atoms with van der Waals surface area (Å²) in [6.07, 6.45) is 8.95. The first-order valence-electron chi connectivity index (χ1n) is 11.7. The van der Waals surface area contributed by atoms with E-state index in [1.165, 1.54) is 42.9 Å². The Bertz CT molecular complexity index is 886. The van der Waals surface area contributed by atoms with Gasteiger partial charge in [-0.25, -0.2) is 0 Å². The molecule has 0 bridgehead atoms. The van der Waals surface area contributed by atoms with E-state index in [0.717, 1.165) is 18.5 Å². The number of carbonyl (C=O) groups is 2. The molecule has 3 unspecified atom stereocenters. The van der Waals surface area contributed by atoms with Crippen molar-refractivity contribution in [2.45, 2.75) is 76.8 Å². The maximum atomic E-state index is 12.8. The van der Waals surface area contributed by atoms with E-state index in [1.54, 1.807) is 0 Å². The molecule has 4 heteroatoms. The normalized spacial score (nSPS) is 22.4. The van der Waals surface area contributed by atoms with Crippen molar-refractivity contribution in [1.29, 1.82) is 0 Å². The van der Waals surface area contributed by atoms with E-state index >= 15 is 0 Å². The first-order chi connectivity index (χ1) is 14.6. The van der Waals surface area contributed by atoms with Gasteiger partial charge in [-0.05, 0) is 61.3 Å². The van der Waals surface area contributed by atoms with Crippen molar-refractivity contribution in [3.05, 3.63) is 48.0 Å². The van der Waals surface area contributed by atoms with Gasteiger partial charge in [0, 0.05) is 25.4 Å². The number of hydrogen-bond donors (Lipinski definition) is 1. The van der Waals surface area contributed by atoms with Crippen LogP contribution in [-0.2, 0) is 9.59 Å². The second-order valence-corrected chi connectivity index (χ2v) is 9.05. The molecule has 1 saturated heterocycles. The van der Waals surface area contributed by atoms with Crippen LogP contribution in [0.15, 0.2) is 42.5 Å². The molecular formula is C26H34N2O2. The molecule has 0 radical (unpaired) electrons. The molecular weight excluding hydrogens is 372 g/mol. The lowest BCUT2D eigenvalue weighted by molar-refractivity contribution is -0.137. The van der Waals surface area contributed by atoms with E-state index in [2.05, 4.69) is 34.5 Å². The predicted molar refractivity (Wildman–Crippen MR) is 121 cm³/mol. The van der Waals surface area contributed by atoms with Crippen LogP contribution in [0, 0.1) is 5.92 Å². The number of likely N-dealkylation sites (tertiary alicyclic amines) is 1. The largest absolute Gasteiger partial charge is 0.350 e. The molecule has 2 aromatic rings. The third-order valence-electron chi connectivity index (χ3n) is 7.03. The van der Waals surface area contributed by atoms with Crippen LogP contribution in [0.5, 0.6) is 0 Å². The van der Waals surface area contributed by atoms with Crippen molar-refractivity contribution in [2.75, 3.05) is 6.54 Å². The van der Waals surface area contributed by atoms with Crippen molar-refractivity contribution in [2.24, 2.45) is 5.92 Å². The molecule has 1 heterocycles. The monoisotopic (exact) mass is 406 g/mol. The van der Waals surface area contributed by atoms with Gasteiger partial charge in [-0.15, -0.1) is 0 Å². The zero-order valence-electron chi connectivity index (χ0n) is 18.1. The van der Waals surface area contributed by atoms with Gasteiger partial charge in [0.25, 0.3) is 0 Å². The number of nitrogens with one attached hydrogen (secondary N) is 1. The summed E-state index contributed by atoms with van der Waals surface area (Å²) in [6, 6.07) is 14.9. The number of fused-ring (bicyclic) bond motifs is 2. The Morgan fingerprint density at radius 1 is 1.00 bits per heavy atom. The van der Waals surface area contributed by atoms with Crippen molar-refractivity contribution in [1.82, 2.24) is 10.2 Å². The van der Waals surface area contributed by atoms with E-state index < -0.39 is 0 Å². The smallest absolute Gasteiger partial charge is 0.222 e.